The summed E-state index contributed by atoms with van der Waals surface area (Å²) in [7, 11) is -5.16. The van der Waals surface area contributed by atoms with Crippen molar-refractivity contribution >= 4 is 29.5 Å². The van der Waals surface area contributed by atoms with Gasteiger partial charge in [-0.25, -0.2) is 13.1 Å². The van der Waals surface area contributed by atoms with Gasteiger partial charge in [0.15, 0.2) is 5.82 Å². The number of aryl methyl sites for hydroxylation is 3. The van der Waals surface area contributed by atoms with E-state index in [1.165, 1.54) is 26.9 Å². The Morgan fingerprint density at radius 2 is 1.78 bits per heavy atom. The summed E-state index contributed by atoms with van der Waals surface area (Å²) in [4.78, 5) is 8.48. The van der Waals surface area contributed by atoms with Gasteiger partial charge in [-0.2, -0.15) is 9.97 Å². The lowest BCUT2D eigenvalue weighted by Gasteiger charge is -2.18. The molecular formula is C24H34N6O4SSi. The maximum atomic E-state index is 13.1. The highest BCUT2D eigenvalue weighted by Gasteiger charge is 2.29. The van der Waals surface area contributed by atoms with Crippen molar-refractivity contribution in [2.24, 2.45) is 0 Å². The summed E-state index contributed by atoms with van der Waals surface area (Å²) in [5.41, 5.74) is 6.47. The highest BCUT2D eigenvalue weighted by molar-refractivity contribution is 7.90. The molecule has 3 aromatic rings. The quantitative estimate of drug-likeness (QED) is 0.306. The fourth-order valence-electron chi connectivity index (χ4n) is 4.87. The SMILES string of the molecule is Cc1noc(CS(=O)(=O)c2nc(Nc3c4c(cc5c3CCC5)CCC4)n(COCC[Si](C)(C)C)n2)n1. The van der Waals surface area contributed by atoms with Crippen LogP contribution in [0.25, 0.3) is 0 Å². The molecule has 194 valence electrons. The summed E-state index contributed by atoms with van der Waals surface area (Å²) in [5, 5.41) is 11.3. The Kier molecular flexibility index (Phi) is 6.77. The number of nitrogens with zero attached hydrogens (tertiary/aromatic N) is 5. The van der Waals surface area contributed by atoms with Crippen molar-refractivity contribution in [3.63, 3.8) is 0 Å². The van der Waals surface area contributed by atoms with Crippen molar-refractivity contribution in [1.29, 1.82) is 0 Å². The van der Waals surface area contributed by atoms with Gasteiger partial charge in [-0.05, 0) is 73.7 Å². The molecule has 36 heavy (non-hydrogen) atoms. The Labute approximate surface area is 212 Å². The molecule has 0 amide bonds. The number of hydrogen-bond donors (Lipinski definition) is 1. The summed E-state index contributed by atoms with van der Waals surface area (Å²) in [6.45, 7) is 9.22. The number of nitrogens with one attached hydrogen (secondary N) is 1. The average molecular weight is 531 g/mol. The lowest BCUT2D eigenvalue weighted by atomic mass is 9.99. The molecule has 0 aliphatic heterocycles. The van der Waals surface area contributed by atoms with Crippen molar-refractivity contribution in [3.05, 3.63) is 40.0 Å². The highest BCUT2D eigenvalue weighted by Crippen LogP contribution is 2.39. The lowest BCUT2D eigenvalue weighted by molar-refractivity contribution is 0.0792. The predicted octanol–water partition coefficient (Wildman–Crippen LogP) is 3.98. The molecule has 1 N–H and O–H groups in total. The Balaban J connectivity index is 1.46. The van der Waals surface area contributed by atoms with Crippen LogP contribution in [0.1, 0.15) is 46.8 Å². The van der Waals surface area contributed by atoms with Gasteiger partial charge in [0.2, 0.25) is 21.7 Å². The number of ether oxygens (including phenoxy) is 1. The molecule has 2 heterocycles. The molecule has 10 nitrogen and oxygen atoms in total. The zero-order valence-corrected chi connectivity index (χ0v) is 23.2. The molecule has 12 heteroatoms. The smallest absolute Gasteiger partial charge is 0.269 e. The third kappa shape index (κ3) is 5.40. The number of anilines is 2. The predicted molar refractivity (Wildman–Crippen MR) is 138 cm³/mol. The molecule has 2 aliphatic carbocycles. The minimum absolute atomic E-state index is 0.0171. The van der Waals surface area contributed by atoms with E-state index in [2.05, 4.69) is 51.2 Å². The van der Waals surface area contributed by atoms with Gasteiger partial charge >= 0.3 is 0 Å². The molecule has 1 aromatic carbocycles. The first-order valence-corrected chi connectivity index (χ1v) is 17.9. The molecule has 5 rings (SSSR count). The van der Waals surface area contributed by atoms with E-state index in [-0.39, 0.29) is 17.8 Å². The third-order valence-corrected chi connectivity index (χ3v) is 9.79. The standard InChI is InChI=1S/C24H34N6O4SSi/c1-16-25-21(34-29-16)14-35(31,32)24-27-23(30(28-24)15-33-11-12-36(2,3)4)26-22-19-9-5-7-17(19)13-18-8-6-10-20(18)22/h13H,5-12,14-15H2,1-4H3,(H,26,27,28). The summed E-state index contributed by atoms with van der Waals surface area (Å²) in [6, 6.07) is 3.37. The van der Waals surface area contributed by atoms with Gasteiger partial charge in [0.1, 0.15) is 12.5 Å². The monoisotopic (exact) mass is 530 g/mol. The van der Waals surface area contributed by atoms with Crippen molar-refractivity contribution in [1.82, 2.24) is 24.9 Å². The Hall–Kier alpha value is -2.57. The minimum atomic E-state index is -3.90. The summed E-state index contributed by atoms with van der Waals surface area (Å²) in [5.74, 6) is 0.314. The summed E-state index contributed by atoms with van der Waals surface area (Å²) >= 11 is 0. The topological polar surface area (TPSA) is 125 Å². The van der Waals surface area contributed by atoms with Crippen LogP contribution in [0.15, 0.2) is 15.7 Å². The van der Waals surface area contributed by atoms with Gasteiger partial charge in [0.05, 0.1) is 0 Å². The first kappa shape index (κ1) is 25.1. The van der Waals surface area contributed by atoms with E-state index < -0.39 is 23.7 Å². The second kappa shape index (κ2) is 9.71. The van der Waals surface area contributed by atoms with Crippen LogP contribution in [0.5, 0.6) is 0 Å². The largest absolute Gasteiger partial charge is 0.359 e. The Morgan fingerprint density at radius 1 is 1.08 bits per heavy atom. The molecule has 0 saturated carbocycles. The van der Waals surface area contributed by atoms with Crippen molar-refractivity contribution < 1.29 is 17.7 Å². The normalized spacial score (nSPS) is 15.3. The van der Waals surface area contributed by atoms with Crippen LogP contribution in [-0.2, 0) is 52.7 Å². The van der Waals surface area contributed by atoms with Gasteiger partial charge in [0.25, 0.3) is 5.16 Å². The Morgan fingerprint density at radius 3 is 2.39 bits per heavy atom. The second-order valence-corrected chi connectivity index (χ2v) is 18.4. The first-order chi connectivity index (χ1) is 17.1. The third-order valence-electron chi connectivity index (χ3n) is 6.73. The minimum Gasteiger partial charge on any atom is -0.359 e. The number of sulfone groups is 1. The number of benzene rings is 1. The molecule has 0 atom stereocenters. The zero-order valence-electron chi connectivity index (χ0n) is 21.4. The number of fused-ring (bicyclic) bond motifs is 2. The van der Waals surface area contributed by atoms with E-state index in [0.717, 1.165) is 50.3 Å². The molecule has 2 aliphatic rings. The van der Waals surface area contributed by atoms with Gasteiger partial charge in [0, 0.05) is 20.4 Å². The molecule has 0 fully saturated rings. The fourth-order valence-corrected chi connectivity index (χ4v) is 6.65. The first-order valence-electron chi connectivity index (χ1n) is 12.6. The van der Waals surface area contributed by atoms with E-state index in [0.29, 0.717) is 18.4 Å². The van der Waals surface area contributed by atoms with Crippen LogP contribution in [0.2, 0.25) is 25.7 Å². The van der Waals surface area contributed by atoms with Crippen LogP contribution in [0.3, 0.4) is 0 Å². The van der Waals surface area contributed by atoms with Gasteiger partial charge in [-0.15, -0.1) is 5.10 Å². The maximum Gasteiger partial charge on any atom is 0.269 e. The molecule has 0 radical (unpaired) electrons. The number of aromatic nitrogens is 5. The molecular weight excluding hydrogens is 496 g/mol. The Bertz CT molecular complexity index is 1340. The van der Waals surface area contributed by atoms with Gasteiger partial charge in [-0.3, -0.25) is 0 Å². The van der Waals surface area contributed by atoms with Crippen LogP contribution in [0, 0.1) is 6.92 Å². The van der Waals surface area contributed by atoms with Crippen LogP contribution < -0.4 is 5.32 Å². The number of hydrogen-bond acceptors (Lipinski definition) is 9. The molecule has 0 spiro atoms. The maximum absolute atomic E-state index is 13.1. The molecule has 0 unspecified atom stereocenters. The van der Waals surface area contributed by atoms with Crippen LogP contribution >= 0.6 is 0 Å². The van der Waals surface area contributed by atoms with E-state index in [1.54, 1.807) is 6.92 Å². The van der Waals surface area contributed by atoms with Crippen molar-refractivity contribution in [2.75, 3.05) is 11.9 Å². The van der Waals surface area contributed by atoms with E-state index in [9.17, 15) is 8.42 Å². The van der Waals surface area contributed by atoms with Gasteiger partial charge in [-0.1, -0.05) is 30.9 Å². The molecule has 2 aromatic heterocycles. The fraction of sp³-hybridized carbons (Fsp3) is 0.583. The van der Waals surface area contributed by atoms with Crippen LogP contribution in [0.4, 0.5) is 11.6 Å². The molecule has 0 saturated heterocycles. The number of rotatable bonds is 10. The summed E-state index contributed by atoms with van der Waals surface area (Å²) in [6.07, 6.45) is 6.42. The van der Waals surface area contributed by atoms with Crippen molar-refractivity contribution in [3.8, 4) is 0 Å². The van der Waals surface area contributed by atoms with Crippen LogP contribution in [-0.4, -0.2) is 48.0 Å². The second-order valence-electron chi connectivity index (χ2n) is 10.9. The van der Waals surface area contributed by atoms with E-state index in [1.807, 2.05) is 0 Å². The lowest BCUT2D eigenvalue weighted by Crippen LogP contribution is -2.22. The highest BCUT2D eigenvalue weighted by atomic mass is 32.2. The van der Waals surface area contributed by atoms with E-state index >= 15 is 0 Å². The zero-order chi connectivity index (χ0) is 25.5. The average Bonchev–Trinajstić information content (AvgIpc) is 3.57. The van der Waals surface area contributed by atoms with Crippen molar-refractivity contribution in [2.45, 2.75) is 88.8 Å². The van der Waals surface area contributed by atoms with E-state index in [4.69, 9.17) is 9.26 Å². The molecule has 0 bridgehead atoms. The summed E-state index contributed by atoms with van der Waals surface area (Å²) < 4.78 is 38.7. The van der Waals surface area contributed by atoms with Gasteiger partial charge < -0.3 is 14.6 Å².